The molecule has 0 spiro atoms. The van der Waals surface area contributed by atoms with E-state index in [1.54, 1.807) is 0 Å². The van der Waals surface area contributed by atoms with Crippen molar-refractivity contribution in [3.05, 3.63) is 32.1 Å². The zero-order valence-corrected chi connectivity index (χ0v) is 8.65. The molecule has 13 heavy (non-hydrogen) atoms. The predicted molar refractivity (Wildman–Crippen MR) is 49.4 cm³/mol. The SMILES string of the molecule is O=c1c(Cl)cc(Br)cn1CC(F)F. The minimum atomic E-state index is -2.57. The van der Waals surface area contributed by atoms with E-state index in [0.717, 1.165) is 4.57 Å². The van der Waals surface area contributed by atoms with Crippen molar-refractivity contribution < 1.29 is 8.78 Å². The highest BCUT2D eigenvalue weighted by atomic mass is 79.9. The third-order valence-corrected chi connectivity index (χ3v) is 2.05. The summed E-state index contributed by atoms with van der Waals surface area (Å²) in [4.78, 5) is 11.1. The third-order valence-electron chi connectivity index (χ3n) is 1.34. The van der Waals surface area contributed by atoms with Crippen molar-refractivity contribution in [1.82, 2.24) is 4.57 Å². The topological polar surface area (TPSA) is 22.0 Å². The Bertz CT molecular complexity index is 366. The van der Waals surface area contributed by atoms with Crippen LogP contribution in [-0.2, 0) is 6.54 Å². The molecule has 0 N–H and O–H groups in total. The molecule has 0 amide bonds. The molecule has 1 heterocycles. The first-order valence-corrected chi connectivity index (χ1v) is 4.51. The second kappa shape index (κ2) is 4.19. The molecule has 0 aromatic carbocycles. The number of hydrogen-bond donors (Lipinski definition) is 0. The van der Waals surface area contributed by atoms with Crippen LogP contribution < -0.4 is 5.56 Å². The number of nitrogens with zero attached hydrogens (tertiary/aromatic N) is 1. The van der Waals surface area contributed by atoms with Gasteiger partial charge in [0.1, 0.15) is 5.02 Å². The maximum absolute atomic E-state index is 11.9. The maximum atomic E-state index is 11.9. The minimum absolute atomic E-state index is 0.0741. The summed E-state index contributed by atoms with van der Waals surface area (Å²) in [5, 5.41) is -0.0741. The number of hydrogen-bond acceptors (Lipinski definition) is 1. The zero-order chi connectivity index (χ0) is 10.0. The van der Waals surface area contributed by atoms with Crippen LogP contribution in [0.3, 0.4) is 0 Å². The lowest BCUT2D eigenvalue weighted by atomic mass is 10.4. The molecular formula is C7H5BrClF2NO. The van der Waals surface area contributed by atoms with Gasteiger partial charge in [0, 0.05) is 10.7 Å². The highest BCUT2D eigenvalue weighted by molar-refractivity contribution is 9.10. The molecule has 0 aliphatic heterocycles. The molecule has 72 valence electrons. The average Bonchev–Trinajstić information content (AvgIpc) is 1.98. The van der Waals surface area contributed by atoms with Gasteiger partial charge in [-0.15, -0.1) is 0 Å². The van der Waals surface area contributed by atoms with Gasteiger partial charge in [-0.3, -0.25) is 4.79 Å². The average molecular weight is 272 g/mol. The molecule has 6 heteroatoms. The Balaban J connectivity index is 3.13. The van der Waals surface area contributed by atoms with Crippen LogP contribution in [0, 0.1) is 0 Å². The summed E-state index contributed by atoms with van der Waals surface area (Å²) in [5.74, 6) is 0. The summed E-state index contributed by atoms with van der Waals surface area (Å²) < 4.78 is 25.3. The Morgan fingerprint density at radius 3 is 2.77 bits per heavy atom. The van der Waals surface area contributed by atoms with Crippen LogP contribution in [0.4, 0.5) is 8.78 Å². The zero-order valence-electron chi connectivity index (χ0n) is 6.31. The van der Waals surface area contributed by atoms with Gasteiger partial charge in [-0.25, -0.2) is 8.78 Å². The molecule has 0 radical (unpaired) electrons. The van der Waals surface area contributed by atoms with E-state index in [0.29, 0.717) is 4.47 Å². The molecule has 0 aliphatic carbocycles. The van der Waals surface area contributed by atoms with Gasteiger partial charge in [0.2, 0.25) is 0 Å². The Kier molecular flexibility index (Phi) is 3.44. The highest BCUT2D eigenvalue weighted by Gasteiger charge is 2.08. The van der Waals surface area contributed by atoms with E-state index in [4.69, 9.17) is 11.6 Å². The van der Waals surface area contributed by atoms with Crippen LogP contribution in [-0.4, -0.2) is 11.0 Å². The summed E-state index contributed by atoms with van der Waals surface area (Å²) in [6.07, 6.45) is -1.29. The minimum Gasteiger partial charge on any atom is -0.307 e. The van der Waals surface area contributed by atoms with Crippen molar-refractivity contribution in [2.45, 2.75) is 13.0 Å². The summed E-state index contributed by atoms with van der Waals surface area (Å²) in [6.45, 7) is -0.641. The second-order valence-corrected chi connectivity index (χ2v) is 3.68. The van der Waals surface area contributed by atoms with Gasteiger partial charge in [-0.05, 0) is 22.0 Å². The first kappa shape index (κ1) is 10.7. The molecular weight excluding hydrogens is 267 g/mol. The van der Waals surface area contributed by atoms with Crippen molar-refractivity contribution in [2.75, 3.05) is 0 Å². The fourth-order valence-corrected chi connectivity index (χ4v) is 1.68. The Morgan fingerprint density at radius 2 is 2.23 bits per heavy atom. The summed E-state index contributed by atoms with van der Waals surface area (Å²) in [7, 11) is 0. The molecule has 0 atom stereocenters. The molecule has 0 aliphatic rings. The number of halogens is 4. The van der Waals surface area contributed by atoms with Crippen LogP contribution in [0.25, 0.3) is 0 Å². The van der Waals surface area contributed by atoms with Crippen molar-refractivity contribution in [3.63, 3.8) is 0 Å². The molecule has 0 fully saturated rings. The van der Waals surface area contributed by atoms with Crippen LogP contribution >= 0.6 is 27.5 Å². The predicted octanol–water partition coefficient (Wildman–Crippen LogP) is 2.53. The van der Waals surface area contributed by atoms with Gasteiger partial charge in [0.05, 0.1) is 6.54 Å². The quantitative estimate of drug-likeness (QED) is 0.811. The van der Waals surface area contributed by atoms with E-state index < -0.39 is 18.5 Å². The Labute approximate surface area is 86.3 Å². The lowest BCUT2D eigenvalue weighted by molar-refractivity contribution is 0.125. The fraction of sp³-hybridized carbons (Fsp3) is 0.286. The van der Waals surface area contributed by atoms with Crippen molar-refractivity contribution in [2.24, 2.45) is 0 Å². The Morgan fingerprint density at radius 1 is 1.62 bits per heavy atom. The number of alkyl halides is 2. The van der Waals surface area contributed by atoms with Gasteiger partial charge < -0.3 is 4.57 Å². The molecule has 1 rings (SSSR count). The fourth-order valence-electron chi connectivity index (χ4n) is 0.849. The van der Waals surface area contributed by atoms with Crippen LogP contribution in [0.1, 0.15) is 0 Å². The first-order chi connectivity index (χ1) is 6.00. The summed E-state index contributed by atoms with van der Waals surface area (Å²) in [5.41, 5.74) is -0.606. The molecule has 2 nitrogen and oxygen atoms in total. The molecule has 0 unspecified atom stereocenters. The van der Waals surface area contributed by atoms with Crippen LogP contribution in [0.15, 0.2) is 21.5 Å². The monoisotopic (exact) mass is 271 g/mol. The summed E-state index contributed by atoms with van der Waals surface area (Å²) >= 11 is 8.54. The molecule has 1 aromatic heterocycles. The van der Waals surface area contributed by atoms with E-state index in [-0.39, 0.29) is 5.02 Å². The number of pyridine rings is 1. The first-order valence-electron chi connectivity index (χ1n) is 3.34. The van der Waals surface area contributed by atoms with Gasteiger partial charge in [-0.1, -0.05) is 11.6 Å². The maximum Gasteiger partial charge on any atom is 0.269 e. The van der Waals surface area contributed by atoms with Crippen molar-refractivity contribution in [3.8, 4) is 0 Å². The Hall–Kier alpha value is -0.420. The number of aromatic nitrogens is 1. The highest BCUT2D eigenvalue weighted by Crippen LogP contribution is 2.12. The van der Waals surface area contributed by atoms with Gasteiger partial charge in [0.25, 0.3) is 12.0 Å². The summed E-state index contributed by atoms with van der Waals surface area (Å²) in [6, 6.07) is 1.37. The van der Waals surface area contributed by atoms with E-state index in [1.165, 1.54) is 12.3 Å². The van der Waals surface area contributed by atoms with E-state index in [9.17, 15) is 13.6 Å². The molecule has 1 aromatic rings. The standard InChI is InChI=1S/C7H5BrClF2NO/c8-4-1-5(9)7(13)12(2-4)3-6(10)11/h1-2,6H,3H2. The van der Waals surface area contributed by atoms with Gasteiger partial charge in [-0.2, -0.15) is 0 Å². The van der Waals surface area contributed by atoms with E-state index >= 15 is 0 Å². The second-order valence-electron chi connectivity index (χ2n) is 2.35. The van der Waals surface area contributed by atoms with Crippen LogP contribution in [0.2, 0.25) is 5.02 Å². The van der Waals surface area contributed by atoms with E-state index in [2.05, 4.69) is 15.9 Å². The molecule has 0 bridgehead atoms. The third kappa shape index (κ3) is 2.77. The van der Waals surface area contributed by atoms with Gasteiger partial charge in [0.15, 0.2) is 0 Å². The lowest BCUT2D eigenvalue weighted by Gasteiger charge is -2.05. The van der Waals surface area contributed by atoms with Crippen LogP contribution in [0.5, 0.6) is 0 Å². The van der Waals surface area contributed by atoms with Crippen molar-refractivity contribution in [1.29, 1.82) is 0 Å². The smallest absolute Gasteiger partial charge is 0.269 e. The lowest BCUT2D eigenvalue weighted by Crippen LogP contribution is -2.23. The van der Waals surface area contributed by atoms with Crippen molar-refractivity contribution >= 4 is 27.5 Å². The van der Waals surface area contributed by atoms with E-state index in [1.807, 2.05) is 0 Å². The normalized spacial score (nSPS) is 10.8. The van der Waals surface area contributed by atoms with Gasteiger partial charge >= 0.3 is 0 Å². The largest absolute Gasteiger partial charge is 0.307 e. The molecule has 0 saturated carbocycles. The number of rotatable bonds is 2. The molecule has 0 saturated heterocycles.